The van der Waals surface area contributed by atoms with Crippen molar-refractivity contribution in [2.75, 3.05) is 25.0 Å². The van der Waals surface area contributed by atoms with Gasteiger partial charge in [-0.25, -0.2) is 4.98 Å². The van der Waals surface area contributed by atoms with E-state index in [1.165, 1.54) is 11.3 Å². The molecule has 0 bridgehead atoms. The van der Waals surface area contributed by atoms with Crippen LogP contribution in [-0.4, -0.2) is 41.7 Å². The molecular formula is C11H14N4O2S. The Hall–Kier alpha value is -1.89. The number of aldehydes is 1. The normalized spacial score (nSPS) is 10.6. The number of nitrogens with one attached hydrogen (secondary N) is 1. The van der Waals surface area contributed by atoms with Gasteiger partial charge >= 0.3 is 0 Å². The molecule has 2 heterocycles. The topological polar surface area (TPSA) is 66.7 Å². The van der Waals surface area contributed by atoms with Gasteiger partial charge in [-0.05, 0) is 6.92 Å². The zero-order chi connectivity index (χ0) is 13.1. The number of hydrogen-bond acceptors (Lipinski definition) is 5. The van der Waals surface area contributed by atoms with Crippen molar-refractivity contribution in [3.63, 3.8) is 0 Å². The van der Waals surface area contributed by atoms with E-state index in [9.17, 15) is 9.59 Å². The molecule has 7 heteroatoms. The SMILES string of the molecule is CCN(CC(=O)NC)c1nc2sccn2c1C=O. The van der Waals surface area contributed by atoms with Crippen LogP contribution >= 0.6 is 11.3 Å². The number of imidazole rings is 1. The highest BCUT2D eigenvalue weighted by Gasteiger charge is 2.19. The summed E-state index contributed by atoms with van der Waals surface area (Å²) in [5.41, 5.74) is 0.483. The van der Waals surface area contributed by atoms with E-state index in [2.05, 4.69) is 10.3 Å². The second-order valence-electron chi connectivity index (χ2n) is 3.68. The van der Waals surface area contributed by atoms with Crippen molar-refractivity contribution in [2.24, 2.45) is 0 Å². The van der Waals surface area contributed by atoms with Crippen LogP contribution in [0.15, 0.2) is 11.6 Å². The third-order valence-electron chi connectivity index (χ3n) is 2.69. The third-order valence-corrected chi connectivity index (χ3v) is 3.44. The molecule has 2 aromatic rings. The molecule has 96 valence electrons. The van der Waals surface area contributed by atoms with Gasteiger partial charge in [-0.1, -0.05) is 0 Å². The summed E-state index contributed by atoms with van der Waals surface area (Å²) in [5, 5.41) is 4.43. The van der Waals surface area contributed by atoms with Gasteiger partial charge in [0.05, 0.1) is 6.54 Å². The summed E-state index contributed by atoms with van der Waals surface area (Å²) < 4.78 is 1.74. The Morgan fingerprint density at radius 2 is 2.44 bits per heavy atom. The number of aromatic nitrogens is 2. The quantitative estimate of drug-likeness (QED) is 0.812. The maximum atomic E-state index is 11.4. The van der Waals surface area contributed by atoms with Crippen molar-refractivity contribution < 1.29 is 9.59 Å². The number of likely N-dealkylation sites (N-methyl/N-ethyl adjacent to an activating group) is 2. The van der Waals surface area contributed by atoms with Crippen molar-refractivity contribution >= 4 is 34.3 Å². The fourth-order valence-electron chi connectivity index (χ4n) is 1.72. The van der Waals surface area contributed by atoms with Crippen LogP contribution in [0.25, 0.3) is 4.96 Å². The number of amides is 1. The molecule has 18 heavy (non-hydrogen) atoms. The van der Waals surface area contributed by atoms with Crippen molar-refractivity contribution in [2.45, 2.75) is 6.92 Å². The van der Waals surface area contributed by atoms with Gasteiger partial charge in [-0.2, -0.15) is 0 Å². The first-order valence-corrected chi connectivity index (χ1v) is 6.45. The van der Waals surface area contributed by atoms with E-state index >= 15 is 0 Å². The molecule has 0 saturated carbocycles. The summed E-state index contributed by atoms with van der Waals surface area (Å²) in [4.78, 5) is 29.6. The fourth-order valence-corrected chi connectivity index (χ4v) is 2.44. The maximum Gasteiger partial charge on any atom is 0.239 e. The van der Waals surface area contributed by atoms with Crippen molar-refractivity contribution in [3.05, 3.63) is 17.3 Å². The molecule has 2 aromatic heterocycles. The predicted molar refractivity (Wildman–Crippen MR) is 70.4 cm³/mol. The molecule has 2 rings (SSSR count). The number of rotatable bonds is 5. The largest absolute Gasteiger partial charge is 0.358 e. The van der Waals surface area contributed by atoms with E-state index in [1.54, 1.807) is 22.5 Å². The van der Waals surface area contributed by atoms with Gasteiger partial charge < -0.3 is 10.2 Å². The highest BCUT2D eigenvalue weighted by molar-refractivity contribution is 7.15. The van der Waals surface area contributed by atoms with Crippen LogP contribution in [0.4, 0.5) is 5.82 Å². The van der Waals surface area contributed by atoms with Gasteiger partial charge in [0, 0.05) is 25.2 Å². The molecule has 0 aliphatic carbocycles. The van der Waals surface area contributed by atoms with Crippen molar-refractivity contribution in [1.29, 1.82) is 0 Å². The molecular weight excluding hydrogens is 252 g/mol. The lowest BCUT2D eigenvalue weighted by Crippen LogP contribution is -2.36. The zero-order valence-electron chi connectivity index (χ0n) is 10.2. The van der Waals surface area contributed by atoms with E-state index < -0.39 is 0 Å². The average Bonchev–Trinajstić information content (AvgIpc) is 2.95. The Morgan fingerprint density at radius 3 is 3.06 bits per heavy atom. The van der Waals surface area contributed by atoms with Crippen molar-refractivity contribution in [3.8, 4) is 0 Å². The summed E-state index contributed by atoms with van der Waals surface area (Å²) in [6.45, 7) is 2.72. The lowest BCUT2D eigenvalue weighted by Gasteiger charge is -2.19. The molecule has 0 unspecified atom stereocenters. The van der Waals surface area contributed by atoms with Gasteiger partial charge in [0.15, 0.2) is 17.1 Å². The van der Waals surface area contributed by atoms with Gasteiger partial charge in [-0.3, -0.25) is 14.0 Å². The molecule has 1 N–H and O–H groups in total. The van der Waals surface area contributed by atoms with Crippen LogP contribution in [0, 0.1) is 0 Å². The number of thiazole rings is 1. The minimum atomic E-state index is -0.106. The van der Waals surface area contributed by atoms with Crippen LogP contribution in [0.5, 0.6) is 0 Å². The zero-order valence-corrected chi connectivity index (χ0v) is 11.0. The minimum Gasteiger partial charge on any atom is -0.358 e. The molecule has 0 radical (unpaired) electrons. The van der Waals surface area contributed by atoms with Crippen molar-refractivity contribution in [1.82, 2.24) is 14.7 Å². The van der Waals surface area contributed by atoms with Crippen LogP contribution < -0.4 is 10.2 Å². The molecule has 0 aliphatic heterocycles. The standard InChI is InChI=1S/C11H14N4O2S/c1-3-14(6-9(17)12-2)10-8(7-16)15-4-5-18-11(15)13-10/h4-5,7H,3,6H2,1-2H3,(H,12,17). The third kappa shape index (κ3) is 2.08. The van der Waals surface area contributed by atoms with E-state index in [4.69, 9.17) is 0 Å². The van der Waals surface area contributed by atoms with Gasteiger partial charge in [0.1, 0.15) is 5.69 Å². The second-order valence-corrected chi connectivity index (χ2v) is 4.55. The average molecular weight is 266 g/mol. The number of hydrogen-bond donors (Lipinski definition) is 1. The Bertz CT molecular complexity index is 575. The van der Waals surface area contributed by atoms with Gasteiger partial charge in [0.25, 0.3) is 0 Å². The number of anilines is 1. The first-order valence-electron chi connectivity index (χ1n) is 5.57. The summed E-state index contributed by atoms with van der Waals surface area (Å²) in [6, 6.07) is 0. The van der Waals surface area contributed by atoms with Crippen LogP contribution in [0.1, 0.15) is 17.4 Å². The molecule has 0 spiro atoms. The molecule has 0 saturated heterocycles. The summed E-state index contributed by atoms with van der Waals surface area (Å²) in [5.74, 6) is 0.452. The summed E-state index contributed by atoms with van der Waals surface area (Å²) >= 11 is 1.46. The summed E-state index contributed by atoms with van der Waals surface area (Å²) in [7, 11) is 1.59. The number of fused-ring (bicyclic) bond motifs is 1. The molecule has 0 aliphatic rings. The Labute approximate surface area is 108 Å². The van der Waals surface area contributed by atoms with E-state index in [0.717, 1.165) is 11.2 Å². The van der Waals surface area contributed by atoms with Crippen LogP contribution in [0.2, 0.25) is 0 Å². The van der Waals surface area contributed by atoms with E-state index in [-0.39, 0.29) is 12.5 Å². The number of carbonyl (C=O) groups is 2. The molecule has 0 aromatic carbocycles. The fraction of sp³-hybridized carbons (Fsp3) is 0.364. The highest BCUT2D eigenvalue weighted by atomic mass is 32.1. The Balaban J connectivity index is 2.40. The Morgan fingerprint density at radius 1 is 1.67 bits per heavy atom. The minimum absolute atomic E-state index is 0.106. The van der Waals surface area contributed by atoms with Gasteiger partial charge in [0.2, 0.25) is 5.91 Å². The van der Waals surface area contributed by atoms with E-state index in [0.29, 0.717) is 18.1 Å². The monoisotopic (exact) mass is 266 g/mol. The van der Waals surface area contributed by atoms with E-state index in [1.807, 2.05) is 12.3 Å². The second kappa shape index (κ2) is 5.18. The van der Waals surface area contributed by atoms with Gasteiger partial charge in [-0.15, -0.1) is 11.3 Å². The van der Waals surface area contributed by atoms with Crippen LogP contribution in [0.3, 0.4) is 0 Å². The molecule has 1 amide bonds. The van der Waals surface area contributed by atoms with Crippen LogP contribution in [-0.2, 0) is 4.79 Å². The number of carbonyl (C=O) groups excluding carboxylic acids is 2. The first-order chi connectivity index (χ1) is 8.71. The summed E-state index contributed by atoms with van der Waals surface area (Å²) in [6.07, 6.45) is 2.57. The lowest BCUT2D eigenvalue weighted by atomic mass is 10.4. The molecule has 0 fully saturated rings. The maximum absolute atomic E-state index is 11.4. The smallest absolute Gasteiger partial charge is 0.239 e. The Kier molecular flexibility index (Phi) is 3.61. The lowest BCUT2D eigenvalue weighted by molar-refractivity contribution is -0.119. The highest BCUT2D eigenvalue weighted by Crippen LogP contribution is 2.23. The first kappa shape index (κ1) is 12.6. The molecule has 6 nitrogen and oxygen atoms in total. The molecule has 0 atom stereocenters. The predicted octanol–water partition coefficient (Wildman–Crippen LogP) is 0.781. The number of nitrogens with zero attached hydrogens (tertiary/aromatic N) is 3.